The fraction of sp³-hybridized carbons (Fsp3) is 0.375. The largest absolute Gasteiger partial charge is 0.497 e. The first-order valence-electron chi connectivity index (χ1n) is 10.3. The van der Waals surface area contributed by atoms with Gasteiger partial charge in [-0.2, -0.15) is 0 Å². The molecule has 1 amide bonds. The van der Waals surface area contributed by atoms with Crippen LogP contribution in [0.3, 0.4) is 0 Å². The minimum absolute atomic E-state index is 0.134. The molecule has 2 aromatic carbocycles. The molecule has 152 valence electrons. The number of amides is 1. The molecule has 2 heterocycles. The molecule has 5 nitrogen and oxygen atoms in total. The Balaban J connectivity index is 1.53. The van der Waals surface area contributed by atoms with Gasteiger partial charge in [0.25, 0.3) is 5.91 Å². The molecule has 0 bridgehead atoms. The minimum Gasteiger partial charge on any atom is -0.497 e. The normalized spacial score (nSPS) is 15.9. The maximum Gasteiger partial charge on any atom is 0.287 e. The molecule has 1 saturated heterocycles. The van der Waals surface area contributed by atoms with Crippen LogP contribution in [0.1, 0.15) is 47.0 Å². The second-order valence-corrected chi connectivity index (χ2v) is 7.65. The van der Waals surface area contributed by atoms with Crippen molar-refractivity contribution in [3.63, 3.8) is 0 Å². The molecule has 1 fully saturated rings. The smallest absolute Gasteiger partial charge is 0.287 e. The summed E-state index contributed by atoms with van der Waals surface area (Å²) in [6.07, 6.45) is 3.67. The number of methoxy groups -OCH3 is 1. The fourth-order valence-corrected chi connectivity index (χ4v) is 4.17. The summed E-state index contributed by atoms with van der Waals surface area (Å²) in [6, 6.07) is 16.1. The minimum atomic E-state index is -0.158. The van der Waals surface area contributed by atoms with Crippen LogP contribution in [0.4, 0.5) is 0 Å². The quantitative estimate of drug-likeness (QED) is 0.660. The van der Waals surface area contributed by atoms with Crippen LogP contribution in [0.15, 0.2) is 52.9 Å². The standard InChI is InChI=1S/C24H28N2O3/c1-17-20-8-4-5-9-22(20)29-23(17)24(27)25-16-21(26-14-6-3-7-15-26)18-10-12-19(28-2)13-11-18/h4-5,8-13,21H,3,6-7,14-16H2,1-2H3,(H,25,27)/t21-/m0/s1. The fourth-order valence-electron chi connectivity index (χ4n) is 4.17. The van der Waals surface area contributed by atoms with Crippen molar-refractivity contribution in [3.8, 4) is 5.75 Å². The summed E-state index contributed by atoms with van der Waals surface area (Å²) < 4.78 is 11.1. The van der Waals surface area contributed by atoms with Gasteiger partial charge in [-0.3, -0.25) is 9.69 Å². The summed E-state index contributed by atoms with van der Waals surface area (Å²) in [4.78, 5) is 15.4. The summed E-state index contributed by atoms with van der Waals surface area (Å²) >= 11 is 0. The van der Waals surface area contributed by atoms with E-state index in [0.29, 0.717) is 12.3 Å². The zero-order valence-corrected chi connectivity index (χ0v) is 17.1. The second-order valence-electron chi connectivity index (χ2n) is 7.65. The highest BCUT2D eigenvalue weighted by Gasteiger charge is 2.24. The Kier molecular flexibility index (Phi) is 5.86. The van der Waals surface area contributed by atoms with Crippen LogP contribution in [0.5, 0.6) is 5.75 Å². The molecule has 1 aliphatic rings. The van der Waals surface area contributed by atoms with E-state index >= 15 is 0 Å². The Morgan fingerprint density at radius 2 is 1.83 bits per heavy atom. The lowest BCUT2D eigenvalue weighted by Gasteiger charge is -2.35. The molecule has 3 aromatic rings. The number of carbonyl (C=O) groups excluding carboxylic acids is 1. The lowest BCUT2D eigenvalue weighted by molar-refractivity contribution is 0.0898. The van der Waals surface area contributed by atoms with Crippen LogP contribution in [0.25, 0.3) is 11.0 Å². The molecule has 0 saturated carbocycles. The number of fused-ring (bicyclic) bond motifs is 1. The number of aryl methyl sites for hydroxylation is 1. The molecule has 4 rings (SSSR count). The third-order valence-electron chi connectivity index (χ3n) is 5.84. The lowest BCUT2D eigenvalue weighted by Crippen LogP contribution is -2.40. The van der Waals surface area contributed by atoms with Gasteiger partial charge in [-0.1, -0.05) is 36.8 Å². The van der Waals surface area contributed by atoms with Crippen molar-refractivity contribution in [2.24, 2.45) is 0 Å². The number of nitrogens with zero attached hydrogens (tertiary/aromatic N) is 1. The highest BCUT2D eigenvalue weighted by molar-refractivity contribution is 5.98. The van der Waals surface area contributed by atoms with E-state index in [1.54, 1.807) is 7.11 Å². The maximum absolute atomic E-state index is 12.9. The number of benzene rings is 2. The van der Waals surface area contributed by atoms with Crippen LogP contribution in [-0.4, -0.2) is 37.6 Å². The van der Waals surface area contributed by atoms with Gasteiger partial charge in [0.2, 0.25) is 0 Å². The van der Waals surface area contributed by atoms with Gasteiger partial charge in [0.05, 0.1) is 13.2 Å². The maximum atomic E-state index is 12.9. The molecular weight excluding hydrogens is 364 g/mol. The van der Waals surface area contributed by atoms with Crippen molar-refractivity contribution in [2.45, 2.75) is 32.2 Å². The lowest BCUT2D eigenvalue weighted by atomic mass is 10.0. The van der Waals surface area contributed by atoms with Gasteiger partial charge in [-0.15, -0.1) is 0 Å². The van der Waals surface area contributed by atoms with Crippen molar-refractivity contribution in [1.29, 1.82) is 0 Å². The first-order chi connectivity index (χ1) is 14.2. The van der Waals surface area contributed by atoms with Gasteiger partial charge in [-0.25, -0.2) is 0 Å². The third kappa shape index (κ3) is 4.15. The van der Waals surface area contributed by atoms with Gasteiger partial charge < -0.3 is 14.5 Å². The van der Waals surface area contributed by atoms with E-state index in [1.165, 1.54) is 24.8 Å². The van der Waals surface area contributed by atoms with Crippen molar-refractivity contribution >= 4 is 16.9 Å². The number of hydrogen-bond donors (Lipinski definition) is 1. The Morgan fingerprint density at radius 3 is 2.52 bits per heavy atom. The van der Waals surface area contributed by atoms with Gasteiger partial charge in [-0.05, 0) is 56.6 Å². The average molecular weight is 392 g/mol. The molecule has 1 N–H and O–H groups in total. The Hall–Kier alpha value is -2.79. The summed E-state index contributed by atoms with van der Waals surface area (Å²) in [5.41, 5.74) is 2.82. The molecule has 0 radical (unpaired) electrons. The zero-order chi connectivity index (χ0) is 20.2. The first-order valence-corrected chi connectivity index (χ1v) is 10.3. The SMILES string of the molecule is COc1ccc([C@H](CNC(=O)c2oc3ccccc3c2C)N2CCCCC2)cc1. The predicted molar refractivity (Wildman–Crippen MR) is 114 cm³/mol. The first kappa shape index (κ1) is 19.5. The van der Waals surface area contributed by atoms with E-state index in [1.807, 2.05) is 43.3 Å². The highest BCUT2D eigenvalue weighted by Crippen LogP contribution is 2.27. The molecule has 29 heavy (non-hydrogen) atoms. The van der Waals surface area contributed by atoms with E-state index in [9.17, 15) is 4.79 Å². The van der Waals surface area contributed by atoms with E-state index < -0.39 is 0 Å². The number of rotatable bonds is 6. The third-order valence-corrected chi connectivity index (χ3v) is 5.84. The van der Waals surface area contributed by atoms with Crippen LogP contribution in [-0.2, 0) is 0 Å². The van der Waals surface area contributed by atoms with Gasteiger partial charge in [0.15, 0.2) is 5.76 Å². The zero-order valence-electron chi connectivity index (χ0n) is 17.1. The molecule has 1 atom stereocenters. The molecule has 1 aromatic heterocycles. The monoisotopic (exact) mass is 392 g/mol. The topological polar surface area (TPSA) is 54.7 Å². The molecule has 0 aliphatic carbocycles. The van der Waals surface area contributed by atoms with Gasteiger partial charge in [0.1, 0.15) is 11.3 Å². The van der Waals surface area contributed by atoms with Crippen molar-refractivity contribution in [2.75, 3.05) is 26.7 Å². The van der Waals surface area contributed by atoms with Gasteiger partial charge >= 0.3 is 0 Å². The summed E-state index contributed by atoms with van der Waals surface area (Å²) in [6.45, 7) is 4.58. The van der Waals surface area contributed by atoms with Crippen LogP contribution in [0.2, 0.25) is 0 Å². The van der Waals surface area contributed by atoms with E-state index in [4.69, 9.17) is 9.15 Å². The van der Waals surface area contributed by atoms with Crippen LogP contribution in [0, 0.1) is 6.92 Å². The van der Waals surface area contributed by atoms with Crippen LogP contribution >= 0.6 is 0 Å². The average Bonchev–Trinajstić information content (AvgIpc) is 3.12. The van der Waals surface area contributed by atoms with Crippen molar-refractivity contribution in [1.82, 2.24) is 10.2 Å². The van der Waals surface area contributed by atoms with Crippen molar-refractivity contribution < 1.29 is 13.9 Å². The molecule has 0 unspecified atom stereocenters. The van der Waals surface area contributed by atoms with Crippen molar-refractivity contribution in [3.05, 3.63) is 65.4 Å². The number of carbonyl (C=O) groups is 1. The number of para-hydroxylation sites is 1. The Labute approximate surface area is 171 Å². The number of furan rings is 1. The van der Waals surface area contributed by atoms with E-state index in [0.717, 1.165) is 35.4 Å². The number of nitrogens with one attached hydrogen (secondary N) is 1. The number of likely N-dealkylation sites (tertiary alicyclic amines) is 1. The molecule has 1 aliphatic heterocycles. The summed E-state index contributed by atoms with van der Waals surface area (Å²) in [5, 5.41) is 4.11. The summed E-state index contributed by atoms with van der Waals surface area (Å²) in [7, 11) is 1.67. The van der Waals surface area contributed by atoms with Gasteiger partial charge in [0, 0.05) is 17.5 Å². The molecule has 5 heteroatoms. The predicted octanol–water partition coefficient (Wildman–Crippen LogP) is 4.71. The second kappa shape index (κ2) is 8.70. The Bertz CT molecular complexity index is 971. The van der Waals surface area contributed by atoms with E-state index in [-0.39, 0.29) is 11.9 Å². The van der Waals surface area contributed by atoms with E-state index in [2.05, 4.69) is 22.3 Å². The molecular formula is C24H28N2O3. The number of piperidine rings is 1. The summed E-state index contributed by atoms with van der Waals surface area (Å²) in [5.74, 6) is 1.08. The number of ether oxygens (including phenoxy) is 1. The number of hydrogen-bond acceptors (Lipinski definition) is 4. The molecule has 0 spiro atoms. The van der Waals surface area contributed by atoms with Crippen LogP contribution < -0.4 is 10.1 Å². The highest BCUT2D eigenvalue weighted by atomic mass is 16.5. The Morgan fingerprint density at radius 1 is 1.10 bits per heavy atom.